The molecular weight excluding hydrogens is 275 g/mol. The molecule has 1 saturated heterocycles. The van der Waals surface area contributed by atoms with Crippen LogP contribution in [0.15, 0.2) is 18.2 Å². The molecule has 0 aromatic heterocycles. The largest absolute Gasteiger partial charge is 0.495 e. The lowest BCUT2D eigenvalue weighted by atomic mass is 9.96. The van der Waals surface area contributed by atoms with Crippen molar-refractivity contribution in [2.45, 2.75) is 19.8 Å². The van der Waals surface area contributed by atoms with Crippen molar-refractivity contribution in [1.29, 1.82) is 0 Å². The first-order valence-corrected chi connectivity index (χ1v) is 6.91. The van der Waals surface area contributed by atoms with Gasteiger partial charge in [-0.25, -0.2) is 4.39 Å². The molecule has 114 valence electrons. The van der Waals surface area contributed by atoms with E-state index in [-0.39, 0.29) is 17.7 Å². The van der Waals surface area contributed by atoms with E-state index >= 15 is 0 Å². The summed E-state index contributed by atoms with van der Waals surface area (Å²) in [6.45, 7) is 2.68. The van der Waals surface area contributed by atoms with Crippen LogP contribution in [0.5, 0.6) is 5.75 Å². The number of nitrogens with one attached hydrogen (secondary N) is 1. The van der Waals surface area contributed by atoms with Crippen LogP contribution in [0, 0.1) is 11.7 Å². The van der Waals surface area contributed by atoms with Crippen molar-refractivity contribution in [1.82, 2.24) is 4.90 Å². The predicted molar refractivity (Wildman–Crippen MR) is 76.6 cm³/mol. The zero-order chi connectivity index (χ0) is 15.4. The Kier molecular flexibility index (Phi) is 4.77. The Labute approximate surface area is 123 Å². The van der Waals surface area contributed by atoms with E-state index in [1.807, 2.05) is 0 Å². The number of methoxy groups -OCH3 is 1. The lowest BCUT2D eigenvalue weighted by molar-refractivity contribution is -0.132. The smallest absolute Gasteiger partial charge is 0.227 e. The van der Waals surface area contributed by atoms with E-state index < -0.39 is 5.82 Å². The second-order valence-electron chi connectivity index (χ2n) is 5.11. The van der Waals surface area contributed by atoms with Crippen LogP contribution in [0.4, 0.5) is 10.1 Å². The Morgan fingerprint density at radius 1 is 1.33 bits per heavy atom. The first-order chi connectivity index (χ1) is 10.0. The fraction of sp³-hybridized carbons (Fsp3) is 0.467. The number of likely N-dealkylation sites (tertiary alicyclic amines) is 1. The number of carbonyl (C=O) groups is 2. The minimum Gasteiger partial charge on any atom is -0.495 e. The van der Waals surface area contributed by atoms with Crippen LogP contribution in [-0.4, -0.2) is 36.9 Å². The van der Waals surface area contributed by atoms with Gasteiger partial charge in [-0.3, -0.25) is 9.59 Å². The summed E-state index contributed by atoms with van der Waals surface area (Å²) >= 11 is 0. The van der Waals surface area contributed by atoms with Crippen LogP contribution in [0.2, 0.25) is 0 Å². The third-order valence-corrected chi connectivity index (χ3v) is 3.73. The number of hydrogen-bond acceptors (Lipinski definition) is 3. The van der Waals surface area contributed by atoms with Crippen molar-refractivity contribution in [2.75, 3.05) is 25.5 Å². The highest BCUT2D eigenvalue weighted by molar-refractivity contribution is 5.94. The second kappa shape index (κ2) is 6.56. The average Bonchev–Trinajstić information content (AvgIpc) is 2.47. The van der Waals surface area contributed by atoms with Crippen LogP contribution in [0.1, 0.15) is 19.8 Å². The van der Waals surface area contributed by atoms with E-state index in [1.54, 1.807) is 4.90 Å². The highest BCUT2D eigenvalue weighted by Gasteiger charge is 2.26. The summed E-state index contributed by atoms with van der Waals surface area (Å²) in [4.78, 5) is 25.2. The van der Waals surface area contributed by atoms with Crippen molar-refractivity contribution < 1.29 is 18.7 Å². The van der Waals surface area contributed by atoms with Crippen molar-refractivity contribution in [3.8, 4) is 5.75 Å². The second-order valence-corrected chi connectivity index (χ2v) is 5.11. The Morgan fingerprint density at radius 2 is 2.00 bits per heavy atom. The third-order valence-electron chi connectivity index (χ3n) is 3.73. The third kappa shape index (κ3) is 3.71. The molecule has 1 heterocycles. The summed E-state index contributed by atoms with van der Waals surface area (Å²) in [6.07, 6.45) is 1.23. The van der Waals surface area contributed by atoms with Crippen molar-refractivity contribution in [3.05, 3.63) is 24.0 Å². The number of anilines is 1. The lowest BCUT2D eigenvalue weighted by Crippen LogP contribution is -2.40. The Morgan fingerprint density at radius 3 is 2.57 bits per heavy atom. The quantitative estimate of drug-likeness (QED) is 0.928. The van der Waals surface area contributed by atoms with Gasteiger partial charge in [-0.2, -0.15) is 0 Å². The van der Waals surface area contributed by atoms with Gasteiger partial charge in [0.05, 0.1) is 12.8 Å². The van der Waals surface area contributed by atoms with E-state index in [1.165, 1.54) is 32.2 Å². The van der Waals surface area contributed by atoms with E-state index in [0.717, 1.165) is 0 Å². The summed E-state index contributed by atoms with van der Waals surface area (Å²) in [5.41, 5.74) is 0.330. The molecule has 5 nitrogen and oxygen atoms in total. The van der Waals surface area contributed by atoms with Gasteiger partial charge in [-0.05, 0) is 25.0 Å². The van der Waals surface area contributed by atoms with Gasteiger partial charge in [0, 0.05) is 32.0 Å². The van der Waals surface area contributed by atoms with Crippen LogP contribution in [-0.2, 0) is 9.59 Å². The van der Waals surface area contributed by atoms with Crippen LogP contribution in [0.3, 0.4) is 0 Å². The number of piperidine rings is 1. The molecule has 2 rings (SSSR count). The average molecular weight is 294 g/mol. The number of hydrogen-bond donors (Lipinski definition) is 1. The highest BCUT2D eigenvalue weighted by Crippen LogP contribution is 2.27. The molecule has 1 aromatic rings. The monoisotopic (exact) mass is 294 g/mol. The molecule has 1 aromatic carbocycles. The topological polar surface area (TPSA) is 58.6 Å². The van der Waals surface area contributed by atoms with Crippen molar-refractivity contribution in [3.63, 3.8) is 0 Å². The van der Waals surface area contributed by atoms with E-state index in [4.69, 9.17) is 4.74 Å². The maximum absolute atomic E-state index is 13.3. The number of benzene rings is 1. The predicted octanol–water partition coefficient (Wildman–Crippen LogP) is 2.03. The van der Waals surface area contributed by atoms with Gasteiger partial charge in [-0.15, -0.1) is 0 Å². The molecule has 1 aliphatic heterocycles. The summed E-state index contributed by atoms with van der Waals surface area (Å²) in [5.74, 6) is -0.320. The summed E-state index contributed by atoms with van der Waals surface area (Å²) < 4.78 is 18.4. The van der Waals surface area contributed by atoms with Crippen LogP contribution in [0.25, 0.3) is 0 Å². The Hall–Kier alpha value is -2.11. The molecule has 0 atom stereocenters. The van der Waals surface area contributed by atoms with E-state index in [2.05, 4.69) is 5.32 Å². The van der Waals surface area contributed by atoms with Gasteiger partial charge in [0.1, 0.15) is 11.6 Å². The van der Waals surface area contributed by atoms with Gasteiger partial charge >= 0.3 is 0 Å². The molecule has 2 amide bonds. The zero-order valence-corrected chi connectivity index (χ0v) is 12.2. The number of nitrogens with zero attached hydrogens (tertiary/aromatic N) is 1. The van der Waals surface area contributed by atoms with Gasteiger partial charge in [-0.1, -0.05) is 0 Å². The first-order valence-electron chi connectivity index (χ1n) is 6.91. The SMILES string of the molecule is COc1ccc(F)cc1NC(=O)C1CCN(C(C)=O)CC1. The van der Waals surface area contributed by atoms with E-state index in [0.29, 0.717) is 37.4 Å². The fourth-order valence-corrected chi connectivity index (χ4v) is 2.47. The van der Waals surface area contributed by atoms with Gasteiger partial charge in [0.25, 0.3) is 0 Å². The maximum atomic E-state index is 13.3. The Bertz CT molecular complexity index is 540. The van der Waals surface area contributed by atoms with Gasteiger partial charge in [0.2, 0.25) is 11.8 Å². The summed E-state index contributed by atoms with van der Waals surface area (Å²) in [5, 5.41) is 2.71. The molecule has 1 aliphatic rings. The maximum Gasteiger partial charge on any atom is 0.227 e. The minimum atomic E-state index is -0.433. The minimum absolute atomic E-state index is 0.0284. The molecule has 1 N–H and O–H groups in total. The molecule has 6 heteroatoms. The molecule has 0 bridgehead atoms. The van der Waals surface area contributed by atoms with Gasteiger partial charge < -0.3 is 15.0 Å². The number of carbonyl (C=O) groups excluding carboxylic acids is 2. The van der Waals surface area contributed by atoms with E-state index in [9.17, 15) is 14.0 Å². The molecule has 1 fully saturated rings. The van der Waals surface area contributed by atoms with Crippen molar-refractivity contribution in [2.24, 2.45) is 5.92 Å². The van der Waals surface area contributed by atoms with Gasteiger partial charge in [0.15, 0.2) is 0 Å². The number of amides is 2. The molecular formula is C15H19FN2O3. The fourth-order valence-electron chi connectivity index (χ4n) is 2.47. The molecule has 0 aliphatic carbocycles. The molecule has 21 heavy (non-hydrogen) atoms. The molecule has 0 saturated carbocycles. The number of rotatable bonds is 3. The Balaban J connectivity index is 1.99. The lowest BCUT2D eigenvalue weighted by Gasteiger charge is -2.30. The first kappa shape index (κ1) is 15.3. The molecule has 0 radical (unpaired) electrons. The van der Waals surface area contributed by atoms with Crippen LogP contribution < -0.4 is 10.1 Å². The highest BCUT2D eigenvalue weighted by atomic mass is 19.1. The summed E-state index contributed by atoms with van der Waals surface area (Å²) in [6, 6.07) is 3.99. The number of halogens is 1. The zero-order valence-electron chi connectivity index (χ0n) is 12.2. The van der Waals surface area contributed by atoms with Crippen molar-refractivity contribution >= 4 is 17.5 Å². The van der Waals surface area contributed by atoms with Crippen LogP contribution >= 0.6 is 0 Å². The molecule has 0 spiro atoms. The summed E-state index contributed by atoms with van der Waals surface area (Å²) in [7, 11) is 1.47. The number of ether oxygens (including phenoxy) is 1. The standard InChI is InChI=1S/C15H19FN2O3/c1-10(19)18-7-5-11(6-8-18)15(20)17-13-9-12(16)3-4-14(13)21-2/h3-4,9,11H,5-8H2,1-2H3,(H,17,20). The normalized spacial score (nSPS) is 15.7. The molecule has 0 unspecified atom stereocenters.